The largest absolute Gasteiger partial charge is 0.376 e. The molecule has 1 aromatic heterocycles. The van der Waals surface area contributed by atoms with Gasteiger partial charge in [0, 0.05) is 31.3 Å². The maximum Gasteiger partial charge on any atom is 0.293 e. The predicted molar refractivity (Wildman–Crippen MR) is 125 cm³/mol. The smallest absolute Gasteiger partial charge is 0.293 e. The summed E-state index contributed by atoms with van der Waals surface area (Å²) in [5.74, 6) is -0.296. The van der Waals surface area contributed by atoms with Crippen LogP contribution >= 0.6 is 11.3 Å². The zero-order valence-corrected chi connectivity index (χ0v) is 18.4. The van der Waals surface area contributed by atoms with E-state index in [1.54, 1.807) is 17.0 Å². The van der Waals surface area contributed by atoms with Gasteiger partial charge in [-0.15, -0.1) is 0 Å². The Balaban J connectivity index is 1.51. The quantitative estimate of drug-likeness (QED) is 0.400. The van der Waals surface area contributed by atoms with Crippen molar-refractivity contribution in [2.45, 2.75) is 31.8 Å². The molecule has 1 atom stereocenters. The molecule has 0 aliphatic carbocycles. The van der Waals surface area contributed by atoms with E-state index in [0.29, 0.717) is 24.0 Å². The van der Waals surface area contributed by atoms with Crippen LogP contribution in [0.25, 0.3) is 10.2 Å². The average molecular weight is 453 g/mol. The molecule has 0 bridgehead atoms. The normalized spacial score (nSPS) is 18.4. The molecule has 32 heavy (non-hydrogen) atoms. The maximum absolute atomic E-state index is 13.6. The third kappa shape index (κ3) is 4.05. The number of para-hydroxylation sites is 1. The van der Waals surface area contributed by atoms with E-state index in [2.05, 4.69) is 4.98 Å². The van der Waals surface area contributed by atoms with Crippen molar-refractivity contribution in [2.24, 2.45) is 0 Å². The maximum atomic E-state index is 13.6. The van der Waals surface area contributed by atoms with Crippen LogP contribution in [0, 0.1) is 10.1 Å². The SMILES string of the molecule is O=C(c1ccc(N2CCCC2)c([N+](=O)[O-])c1)N(CC1CCCO1)c1nc2ccccc2s1. The van der Waals surface area contributed by atoms with Gasteiger partial charge in [0.05, 0.1) is 27.8 Å². The lowest BCUT2D eigenvalue weighted by molar-refractivity contribution is -0.384. The summed E-state index contributed by atoms with van der Waals surface area (Å²) in [5.41, 5.74) is 1.67. The first-order valence-corrected chi connectivity index (χ1v) is 11.7. The summed E-state index contributed by atoms with van der Waals surface area (Å²) in [6.07, 6.45) is 3.81. The van der Waals surface area contributed by atoms with Crippen LogP contribution in [0.5, 0.6) is 0 Å². The number of carbonyl (C=O) groups is 1. The number of thiazole rings is 1. The zero-order chi connectivity index (χ0) is 22.1. The van der Waals surface area contributed by atoms with Crippen molar-refractivity contribution in [3.63, 3.8) is 0 Å². The number of nitro benzene ring substituents is 1. The van der Waals surface area contributed by atoms with Gasteiger partial charge >= 0.3 is 0 Å². The highest BCUT2D eigenvalue weighted by Gasteiger charge is 2.29. The first-order chi connectivity index (χ1) is 15.6. The Bertz CT molecular complexity index is 1120. The molecular weight excluding hydrogens is 428 g/mol. The van der Waals surface area contributed by atoms with Crippen molar-refractivity contribution in [3.05, 3.63) is 58.1 Å². The number of fused-ring (bicyclic) bond motifs is 1. The summed E-state index contributed by atoms with van der Waals surface area (Å²) in [7, 11) is 0. The average Bonchev–Trinajstić information content (AvgIpc) is 3.58. The molecule has 3 aromatic rings. The summed E-state index contributed by atoms with van der Waals surface area (Å²) in [5, 5.41) is 12.4. The standard InChI is InChI=1S/C23H24N4O4S/c28-22(16-9-10-19(20(14-16)27(29)30)25-11-3-4-12-25)26(15-17-6-5-13-31-17)23-24-18-7-1-2-8-21(18)32-23/h1-2,7-10,14,17H,3-6,11-13,15H2. The zero-order valence-electron chi connectivity index (χ0n) is 17.6. The molecule has 0 spiro atoms. The molecule has 2 saturated heterocycles. The first-order valence-electron chi connectivity index (χ1n) is 10.9. The van der Waals surface area contributed by atoms with Gasteiger partial charge in [0.2, 0.25) is 0 Å². The molecule has 2 aliphatic rings. The number of amides is 1. The molecule has 1 amide bonds. The van der Waals surface area contributed by atoms with Crippen LogP contribution in [0.2, 0.25) is 0 Å². The molecule has 0 radical (unpaired) electrons. The van der Waals surface area contributed by atoms with E-state index in [-0.39, 0.29) is 23.3 Å². The Labute approximate surface area is 189 Å². The monoisotopic (exact) mass is 452 g/mol. The van der Waals surface area contributed by atoms with Gasteiger partial charge in [-0.25, -0.2) is 4.98 Å². The Morgan fingerprint density at radius 3 is 2.75 bits per heavy atom. The van der Waals surface area contributed by atoms with Gasteiger partial charge in [0.25, 0.3) is 11.6 Å². The number of nitrogens with zero attached hydrogens (tertiary/aromatic N) is 4. The fourth-order valence-electron chi connectivity index (χ4n) is 4.40. The molecule has 1 unspecified atom stereocenters. The van der Waals surface area contributed by atoms with Crippen molar-refractivity contribution in [2.75, 3.05) is 36.0 Å². The number of carbonyl (C=O) groups excluding carboxylic acids is 1. The summed E-state index contributed by atoms with van der Waals surface area (Å²) in [6, 6.07) is 12.6. The molecule has 2 aliphatic heterocycles. The Morgan fingerprint density at radius 2 is 2.03 bits per heavy atom. The van der Waals surface area contributed by atoms with Gasteiger partial charge < -0.3 is 9.64 Å². The summed E-state index contributed by atoms with van der Waals surface area (Å²) < 4.78 is 6.77. The van der Waals surface area contributed by atoms with Crippen molar-refractivity contribution in [3.8, 4) is 0 Å². The van der Waals surface area contributed by atoms with Crippen molar-refractivity contribution in [1.82, 2.24) is 4.98 Å². The van der Waals surface area contributed by atoms with Crippen LogP contribution in [0.1, 0.15) is 36.0 Å². The van der Waals surface area contributed by atoms with Gasteiger partial charge in [0.1, 0.15) is 5.69 Å². The van der Waals surface area contributed by atoms with Gasteiger partial charge in [-0.1, -0.05) is 23.5 Å². The molecule has 9 heteroatoms. The van der Waals surface area contributed by atoms with Crippen LogP contribution in [0.15, 0.2) is 42.5 Å². The molecule has 0 saturated carbocycles. The minimum Gasteiger partial charge on any atom is -0.376 e. The van der Waals surface area contributed by atoms with Gasteiger partial charge in [-0.05, 0) is 49.9 Å². The highest BCUT2D eigenvalue weighted by molar-refractivity contribution is 7.22. The molecule has 166 valence electrons. The van der Waals surface area contributed by atoms with Crippen LogP contribution in [-0.4, -0.2) is 48.2 Å². The summed E-state index contributed by atoms with van der Waals surface area (Å²) in [4.78, 5) is 33.3. The van der Waals surface area contributed by atoms with Crippen molar-refractivity contribution in [1.29, 1.82) is 0 Å². The molecule has 3 heterocycles. The topological polar surface area (TPSA) is 88.8 Å². The van der Waals surface area contributed by atoms with E-state index < -0.39 is 4.92 Å². The fourth-order valence-corrected chi connectivity index (χ4v) is 5.37. The minimum absolute atomic E-state index is 0.0286. The number of rotatable bonds is 6. The second-order valence-electron chi connectivity index (χ2n) is 8.17. The molecule has 2 aromatic carbocycles. The number of aromatic nitrogens is 1. The Morgan fingerprint density at radius 1 is 1.22 bits per heavy atom. The van der Waals surface area contributed by atoms with Gasteiger partial charge in [-0.3, -0.25) is 19.8 Å². The lowest BCUT2D eigenvalue weighted by Gasteiger charge is -2.23. The van der Waals surface area contributed by atoms with E-state index in [1.165, 1.54) is 17.4 Å². The number of ether oxygens (including phenoxy) is 1. The van der Waals surface area contributed by atoms with Crippen LogP contribution < -0.4 is 9.80 Å². The number of benzene rings is 2. The highest BCUT2D eigenvalue weighted by Crippen LogP contribution is 2.34. The Hall–Kier alpha value is -3.04. The molecule has 8 nitrogen and oxygen atoms in total. The molecular formula is C23H24N4O4S. The van der Waals surface area contributed by atoms with Crippen LogP contribution in [0.3, 0.4) is 0 Å². The van der Waals surface area contributed by atoms with E-state index >= 15 is 0 Å². The van der Waals surface area contributed by atoms with Gasteiger partial charge in [-0.2, -0.15) is 0 Å². The van der Waals surface area contributed by atoms with Crippen molar-refractivity contribution >= 4 is 44.0 Å². The molecule has 0 N–H and O–H groups in total. The van der Waals surface area contributed by atoms with E-state index in [1.807, 2.05) is 29.2 Å². The lowest BCUT2D eigenvalue weighted by atomic mass is 10.1. The van der Waals surface area contributed by atoms with E-state index in [9.17, 15) is 14.9 Å². The first kappa shape index (κ1) is 20.8. The van der Waals surface area contributed by atoms with Crippen molar-refractivity contribution < 1.29 is 14.5 Å². The number of hydrogen-bond acceptors (Lipinski definition) is 7. The van der Waals surface area contributed by atoms with Crippen LogP contribution in [0.4, 0.5) is 16.5 Å². The fraction of sp³-hybridized carbons (Fsp3) is 0.391. The molecule has 5 rings (SSSR count). The predicted octanol–water partition coefficient (Wildman–Crippen LogP) is 4.63. The second-order valence-corrected chi connectivity index (χ2v) is 9.18. The second kappa shape index (κ2) is 8.84. The third-order valence-electron chi connectivity index (χ3n) is 6.03. The van der Waals surface area contributed by atoms with E-state index in [4.69, 9.17) is 4.74 Å². The van der Waals surface area contributed by atoms with Gasteiger partial charge in [0.15, 0.2) is 5.13 Å². The summed E-state index contributed by atoms with van der Waals surface area (Å²) in [6.45, 7) is 2.65. The highest BCUT2D eigenvalue weighted by atomic mass is 32.1. The minimum atomic E-state index is -0.396. The molecule has 2 fully saturated rings. The van der Waals surface area contributed by atoms with E-state index in [0.717, 1.165) is 49.0 Å². The lowest BCUT2D eigenvalue weighted by Crippen LogP contribution is -2.37. The number of hydrogen-bond donors (Lipinski definition) is 0. The number of anilines is 2. The van der Waals surface area contributed by atoms with Crippen LogP contribution in [-0.2, 0) is 4.74 Å². The third-order valence-corrected chi connectivity index (χ3v) is 7.09. The Kier molecular flexibility index (Phi) is 5.75. The number of nitro groups is 1. The summed E-state index contributed by atoms with van der Waals surface area (Å²) >= 11 is 1.44.